The number of thiazole rings is 1. The van der Waals surface area contributed by atoms with Gasteiger partial charge >= 0.3 is 0 Å². The van der Waals surface area contributed by atoms with E-state index in [0.29, 0.717) is 10.7 Å². The minimum absolute atomic E-state index is 0.160. The summed E-state index contributed by atoms with van der Waals surface area (Å²) in [7, 11) is 0. The second-order valence-corrected chi connectivity index (χ2v) is 8.59. The maximum Gasteiger partial charge on any atom is 0.258 e. The first-order chi connectivity index (χ1) is 12.5. The number of nitrogens with one attached hydrogen (secondary N) is 1. The average molecular weight is 380 g/mol. The minimum Gasteiger partial charge on any atom is -0.298 e. The smallest absolute Gasteiger partial charge is 0.258 e. The molecule has 0 spiro atoms. The maximum atomic E-state index is 13.0. The molecule has 1 N–H and O–H groups in total. The fourth-order valence-corrected chi connectivity index (χ4v) is 4.39. The van der Waals surface area contributed by atoms with Gasteiger partial charge in [0.05, 0.1) is 27.3 Å². The predicted octanol–water partition coefficient (Wildman–Crippen LogP) is 5.60. The Balaban J connectivity index is 1.80. The highest BCUT2D eigenvalue weighted by Crippen LogP contribution is 2.30. The van der Waals surface area contributed by atoms with Crippen molar-refractivity contribution in [3.8, 4) is 10.6 Å². The summed E-state index contributed by atoms with van der Waals surface area (Å²) in [4.78, 5) is 25.5. The molecule has 6 heteroatoms. The zero-order valence-electron chi connectivity index (χ0n) is 14.7. The average Bonchev–Trinajstić information content (AvgIpc) is 3.19. The highest BCUT2D eigenvalue weighted by atomic mass is 32.1. The lowest BCUT2D eigenvalue weighted by Gasteiger charge is -2.08. The van der Waals surface area contributed by atoms with E-state index >= 15 is 0 Å². The van der Waals surface area contributed by atoms with E-state index in [4.69, 9.17) is 4.98 Å². The fraction of sp³-hybridized carbons (Fsp3) is 0.150. The Bertz CT molecular complexity index is 1110. The molecule has 4 nitrogen and oxygen atoms in total. The van der Waals surface area contributed by atoms with Crippen molar-refractivity contribution in [1.29, 1.82) is 0 Å². The molecule has 1 aromatic carbocycles. The Kier molecular flexibility index (Phi) is 4.30. The minimum atomic E-state index is -0.160. The monoisotopic (exact) mass is 379 g/mol. The predicted molar refractivity (Wildman–Crippen MR) is 109 cm³/mol. The van der Waals surface area contributed by atoms with Crippen molar-refractivity contribution in [2.45, 2.75) is 20.8 Å². The van der Waals surface area contributed by atoms with Crippen LogP contribution in [0.15, 0.2) is 42.5 Å². The van der Waals surface area contributed by atoms with Gasteiger partial charge in [-0.05, 0) is 45.0 Å². The van der Waals surface area contributed by atoms with Crippen molar-refractivity contribution in [1.82, 2.24) is 9.97 Å². The molecule has 0 aliphatic heterocycles. The van der Waals surface area contributed by atoms with Crippen molar-refractivity contribution in [3.05, 3.63) is 63.5 Å². The standard InChI is InChI=1S/C20H17N3OS2/c1-11-8-9-18(25-11)17-10-15(14-6-4-5-7-16(14)22-17)19(24)23-20-21-12(2)13(3)26-20/h4-10H,1-3H3,(H,21,23,24). The van der Waals surface area contributed by atoms with E-state index in [9.17, 15) is 4.79 Å². The number of aryl methyl sites for hydroxylation is 3. The molecule has 4 aromatic rings. The summed E-state index contributed by atoms with van der Waals surface area (Å²) in [5.41, 5.74) is 3.19. The Morgan fingerprint density at radius 3 is 2.50 bits per heavy atom. The number of carbonyl (C=O) groups is 1. The highest BCUT2D eigenvalue weighted by molar-refractivity contribution is 7.16. The first kappa shape index (κ1) is 16.9. The molecule has 26 heavy (non-hydrogen) atoms. The van der Waals surface area contributed by atoms with Gasteiger partial charge < -0.3 is 0 Å². The van der Waals surface area contributed by atoms with Gasteiger partial charge in [0.25, 0.3) is 5.91 Å². The Morgan fingerprint density at radius 1 is 1.00 bits per heavy atom. The van der Waals surface area contributed by atoms with Gasteiger partial charge in [0.2, 0.25) is 0 Å². The molecule has 1 amide bonds. The molecule has 3 heterocycles. The molecule has 0 unspecified atom stereocenters. The molecule has 0 radical (unpaired) electrons. The van der Waals surface area contributed by atoms with Crippen molar-refractivity contribution in [3.63, 3.8) is 0 Å². The van der Waals surface area contributed by atoms with Gasteiger partial charge in [-0.1, -0.05) is 18.2 Å². The number of aromatic nitrogens is 2. The van der Waals surface area contributed by atoms with Gasteiger partial charge in [0.1, 0.15) is 0 Å². The van der Waals surface area contributed by atoms with Crippen LogP contribution in [0.1, 0.15) is 25.8 Å². The fourth-order valence-electron chi connectivity index (χ4n) is 2.75. The summed E-state index contributed by atoms with van der Waals surface area (Å²) in [6.45, 7) is 6.01. The molecule has 0 bridgehead atoms. The number of nitrogens with zero attached hydrogens (tertiary/aromatic N) is 2. The number of benzene rings is 1. The molecule has 130 valence electrons. The van der Waals surface area contributed by atoms with Gasteiger partial charge in [-0.25, -0.2) is 9.97 Å². The number of anilines is 1. The van der Waals surface area contributed by atoms with Crippen LogP contribution in [0.3, 0.4) is 0 Å². The van der Waals surface area contributed by atoms with Gasteiger partial charge in [0, 0.05) is 15.1 Å². The number of para-hydroxylation sites is 1. The third-order valence-electron chi connectivity index (χ3n) is 4.20. The zero-order valence-corrected chi connectivity index (χ0v) is 16.3. The van der Waals surface area contributed by atoms with E-state index in [1.807, 2.05) is 50.2 Å². The summed E-state index contributed by atoms with van der Waals surface area (Å²) in [6.07, 6.45) is 0. The normalized spacial score (nSPS) is 11.0. The molecule has 3 aromatic heterocycles. The van der Waals surface area contributed by atoms with Crippen molar-refractivity contribution in [2.75, 3.05) is 5.32 Å². The number of rotatable bonds is 3. The highest BCUT2D eigenvalue weighted by Gasteiger charge is 2.16. The lowest BCUT2D eigenvalue weighted by atomic mass is 10.1. The van der Waals surface area contributed by atoms with Crippen LogP contribution in [0.4, 0.5) is 5.13 Å². The summed E-state index contributed by atoms with van der Waals surface area (Å²) in [6, 6.07) is 13.7. The molecule has 0 fully saturated rings. The first-order valence-electron chi connectivity index (χ1n) is 8.23. The molecule has 0 saturated heterocycles. The van der Waals surface area contributed by atoms with Crippen LogP contribution in [0, 0.1) is 20.8 Å². The molecular weight excluding hydrogens is 362 g/mol. The third-order valence-corrected chi connectivity index (χ3v) is 6.21. The van der Waals surface area contributed by atoms with Crippen LogP contribution < -0.4 is 5.32 Å². The number of hydrogen-bond acceptors (Lipinski definition) is 5. The SMILES string of the molecule is Cc1ccc(-c2cc(C(=O)Nc3nc(C)c(C)s3)c3ccccc3n2)s1. The van der Waals surface area contributed by atoms with E-state index in [-0.39, 0.29) is 5.91 Å². The van der Waals surface area contributed by atoms with E-state index in [2.05, 4.69) is 23.3 Å². The number of hydrogen-bond donors (Lipinski definition) is 1. The van der Waals surface area contributed by atoms with Gasteiger partial charge in [0.15, 0.2) is 5.13 Å². The topological polar surface area (TPSA) is 54.9 Å². The van der Waals surface area contributed by atoms with Crippen LogP contribution >= 0.6 is 22.7 Å². The van der Waals surface area contributed by atoms with Gasteiger partial charge in [-0.3, -0.25) is 10.1 Å². The van der Waals surface area contributed by atoms with Crippen LogP contribution in [-0.2, 0) is 0 Å². The summed E-state index contributed by atoms with van der Waals surface area (Å²) in [5.74, 6) is -0.160. The van der Waals surface area contributed by atoms with Gasteiger partial charge in [-0.2, -0.15) is 0 Å². The number of fused-ring (bicyclic) bond motifs is 1. The van der Waals surface area contributed by atoms with Crippen LogP contribution in [0.2, 0.25) is 0 Å². The van der Waals surface area contributed by atoms with E-state index in [1.165, 1.54) is 16.2 Å². The maximum absolute atomic E-state index is 13.0. The number of pyridine rings is 1. The van der Waals surface area contributed by atoms with Crippen molar-refractivity contribution >= 4 is 44.6 Å². The quantitative estimate of drug-likeness (QED) is 0.504. The summed E-state index contributed by atoms with van der Waals surface area (Å²) in [5, 5.41) is 4.40. The van der Waals surface area contributed by atoms with Crippen molar-refractivity contribution in [2.24, 2.45) is 0 Å². The molecule has 0 saturated carbocycles. The van der Waals surface area contributed by atoms with E-state index in [0.717, 1.165) is 32.0 Å². The number of carbonyl (C=O) groups excluding carboxylic acids is 1. The number of amides is 1. The molecule has 0 atom stereocenters. The summed E-state index contributed by atoms with van der Waals surface area (Å²) >= 11 is 3.16. The third kappa shape index (κ3) is 3.13. The van der Waals surface area contributed by atoms with Crippen LogP contribution in [0.5, 0.6) is 0 Å². The Morgan fingerprint density at radius 2 is 1.81 bits per heavy atom. The Hall–Kier alpha value is -2.57. The molecule has 0 aliphatic rings. The molecule has 4 rings (SSSR count). The molecular formula is C20H17N3OS2. The second kappa shape index (κ2) is 6.63. The molecule has 0 aliphatic carbocycles. The second-order valence-electron chi connectivity index (χ2n) is 6.10. The first-order valence-corrected chi connectivity index (χ1v) is 9.86. The van der Waals surface area contributed by atoms with Crippen molar-refractivity contribution < 1.29 is 4.79 Å². The lowest BCUT2D eigenvalue weighted by Crippen LogP contribution is -2.13. The van der Waals surface area contributed by atoms with Gasteiger partial charge in [-0.15, -0.1) is 22.7 Å². The number of thiophene rings is 1. The van der Waals surface area contributed by atoms with E-state index < -0.39 is 0 Å². The van der Waals surface area contributed by atoms with Crippen LogP contribution in [0.25, 0.3) is 21.5 Å². The van der Waals surface area contributed by atoms with E-state index in [1.54, 1.807) is 11.3 Å². The van der Waals surface area contributed by atoms with Crippen LogP contribution in [-0.4, -0.2) is 15.9 Å². The lowest BCUT2D eigenvalue weighted by molar-refractivity contribution is 0.102. The zero-order chi connectivity index (χ0) is 18.3. The largest absolute Gasteiger partial charge is 0.298 e. The summed E-state index contributed by atoms with van der Waals surface area (Å²) < 4.78 is 0. The Labute approximate surface area is 159 Å².